The van der Waals surface area contributed by atoms with Gasteiger partial charge in [0.15, 0.2) is 17.5 Å². The van der Waals surface area contributed by atoms with E-state index in [1.54, 1.807) is 0 Å². The number of thiophene rings is 1. The summed E-state index contributed by atoms with van der Waals surface area (Å²) in [5.41, 5.74) is 8.88. The van der Waals surface area contributed by atoms with E-state index in [4.69, 9.17) is 15.0 Å². The van der Waals surface area contributed by atoms with Crippen molar-refractivity contribution in [1.82, 2.24) is 19.5 Å². The van der Waals surface area contributed by atoms with Crippen molar-refractivity contribution in [1.29, 1.82) is 0 Å². The van der Waals surface area contributed by atoms with Gasteiger partial charge in [0.05, 0.1) is 21.4 Å². The third-order valence-electron chi connectivity index (χ3n) is 10.4. The molecule has 3 heterocycles. The fraction of sp³-hybridized carbons (Fsp3) is 0. The summed E-state index contributed by atoms with van der Waals surface area (Å²) in [6.07, 6.45) is 0. The van der Waals surface area contributed by atoms with Crippen LogP contribution in [0.1, 0.15) is 0 Å². The summed E-state index contributed by atoms with van der Waals surface area (Å²) < 4.78 is 4.90. The summed E-state index contributed by atoms with van der Waals surface area (Å²) in [5.74, 6) is 1.98. The highest BCUT2D eigenvalue weighted by Gasteiger charge is 2.20. The Kier molecular flexibility index (Phi) is 7.00. The summed E-state index contributed by atoms with van der Waals surface area (Å²) in [7, 11) is 0. The average molecular weight is 707 g/mol. The molecule has 54 heavy (non-hydrogen) atoms. The zero-order valence-electron chi connectivity index (χ0n) is 29.0. The lowest BCUT2D eigenvalue weighted by Gasteiger charge is -2.10. The molecular weight excluding hydrogens is 677 g/mol. The van der Waals surface area contributed by atoms with E-state index >= 15 is 0 Å². The van der Waals surface area contributed by atoms with Crippen LogP contribution in [0.5, 0.6) is 0 Å². The zero-order valence-corrected chi connectivity index (χ0v) is 29.8. The van der Waals surface area contributed by atoms with Crippen LogP contribution in [-0.4, -0.2) is 19.5 Å². The molecule has 11 rings (SSSR count). The Labute approximate surface area is 315 Å². The maximum Gasteiger partial charge on any atom is 0.164 e. The fourth-order valence-corrected chi connectivity index (χ4v) is 9.14. The van der Waals surface area contributed by atoms with Gasteiger partial charge >= 0.3 is 0 Å². The third kappa shape index (κ3) is 4.94. The number of aromatic nitrogens is 4. The highest BCUT2D eigenvalue weighted by Crippen LogP contribution is 2.44. The maximum atomic E-state index is 5.02. The first kappa shape index (κ1) is 30.7. The van der Waals surface area contributed by atoms with Crippen LogP contribution in [0.25, 0.3) is 104 Å². The van der Waals surface area contributed by atoms with Crippen LogP contribution in [0.3, 0.4) is 0 Å². The largest absolute Gasteiger partial charge is 0.308 e. The highest BCUT2D eigenvalue weighted by atomic mass is 32.1. The molecule has 0 aliphatic carbocycles. The van der Waals surface area contributed by atoms with Crippen molar-refractivity contribution in [3.63, 3.8) is 0 Å². The predicted octanol–water partition coefficient (Wildman–Crippen LogP) is 13.2. The molecule has 0 radical (unpaired) electrons. The molecule has 252 valence electrons. The van der Waals surface area contributed by atoms with Crippen LogP contribution < -0.4 is 0 Å². The van der Waals surface area contributed by atoms with Gasteiger partial charge in [-0.25, -0.2) is 15.0 Å². The van der Waals surface area contributed by atoms with E-state index in [9.17, 15) is 0 Å². The Morgan fingerprint density at radius 1 is 0.370 bits per heavy atom. The van der Waals surface area contributed by atoms with Crippen molar-refractivity contribution in [2.24, 2.45) is 0 Å². The summed E-state index contributed by atoms with van der Waals surface area (Å²) in [5, 5.41) is 7.49. The molecule has 0 amide bonds. The van der Waals surface area contributed by atoms with E-state index in [1.807, 2.05) is 72.0 Å². The molecule has 0 saturated carbocycles. The summed E-state index contributed by atoms with van der Waals surface area (Å²) in [6.45, 7) is 0. The fourth-order valence-electron chi connectivity index (χ4n) is 7.90. The van der Waals surface area contributed by atoms with Gasteiger partial charge in [0.25, 0.3) is 0 Å². The van der Waals surface area contributed by atoms with E-state index in [0.29, 0.717) is 17.5 Å². The van der Waals surface area contributed by atoms with Crippen molar-refractivity contribution < 1.29 is 0 Å². The number of hydrogen-bond donors (Lipinski definition) is 0. The highest BCUT2D eigenvalue weighted by molar-refractivity contribution is 7.26. The van der Waals surface area contributed by atoms with Crippen LogP contribution in [0, 0.1) is 0 Å². The van der Waals surface area contributed by atoms with Crippen molar-refractivity contribution in [2.45, 2.75) is 0 Å². The molecule has 0 fully saturated rings. The topological polar surface area (TPSA) is 43.6 Å². The number of nitrogens with zero attached hydrogens (tertiary/aromatic N) is 4. The molecule has 8 aromatic carbocycles. The number of benzene rings is 8. The van der Waals surface area contributed by atoms with Crippen LogP contribution >= 0.6 is 11.3 Å². The molecule has 5 heteroatoms. The van der Waals surface area contributed by atoms with Crippen molar-refractivity contribution in [3.05, 3.63) is 182 Å². The first-order valence-corrected chi connectivity index (χ1v) is 18.9. The van der Waals surface area contributed by atoms with Crippen molar-refractivity contribution in [3.8, 4) is 51.0 Å². The van der Waals surface area contributed by atoms with Gasteiger partial charge in [-0.05, 0) is 52.2 Å². The Morgan fingerprint density at radius 3 is 1.69 bits per heavy atom. The molecule has 0 unspecified atom stereocenters. The van der Waals surface area contributed by atoms with E-state index in [2.05, 4.69) is 126 Å². The van der Waals surface area contributed by atoms with Crippen molar-refractivity contribution >= 4 is 64.1 Å². The normalized spacial score (nSPS) is 11.7. The van der Waals surface area contributed by atoms with Crippen LogP contribution in [-0.2, 0) is 0 Å². The lowest BCUT2D eigenvalue weighted by Crippen LogP contribution is -1.99. The summed E-state index contributed by atoms with van der Waals surface area (Å²) >= 11 is 1.83. The van der Waals surface area contributed by atoms with Crippen LogP contribution in [0.15, 0.2) is 182 Å². The Hall–Kier alpha value is -6.95. The van der Waals surface area contributed by atoms with Gasteiger partial charge in [0, 0.05) is 42.9 Å². The summed E-state index contributed by atoms with van der Waals surface area (Å²) in [6, 6.07) is 64.5. The van der Waals surface area contributed by atoms with E-state index in [0.717, 1.165) is 16.7 Å². The minimum atomic E-state index is 0.658. The second-order valence-corrected chi connectivity index (χ2v) is 14.7. The monoisotopic (exact) mass is 706 g/mol. The molecule has 0 aliphatic rings. The quantitative estimate of drug-likeness (QED) is 0.179. The van der Waals surface area contributed by atoms with Gasteiger partial charge in [-0.1, -0.05) is 152 Å². The number of hydrogen-bond acceptors (Lipinski definition) is 4. The third-order valence-corrected chi connectivity index (χ3v) is 11.6. The van der Waals surface area contributed by atoms with E-state index in [1.165, 1.54) is 69.6 Å². The molecular formula is C49H30N4S. The van der Waals surface area contributed by atoms with E-state index < -0.39 is 0 Å². The van der Waals surface area contributed by atoms with E-state index in [-0.39, 0.29) is 0 Å². The van der Waals surface area contributed by atoms with Crippen LogP contribution in [0.2, 0.25) is 0 Å². The van der Waals surface area contributed by atoms with Gasteiger partial charge in [-0.3, -0.25) is 0 Å². The Morgan fingerprint density at radius 2 is 0.963 bits per heavy atom. The molecule has 0 saturated heterocycles. The molecule has 0 atom stereocenters. The molecule has 11 aromatic rings. The Balaban J connectivity index is 1.12. The Bertz CT molecular complexity index is 3140. The van der Waals surface area contributed by atoms with Gasteiger partial charge in [-0.15, -0.1) is 11.3 Å². The number of fused-ring (bicyclic) bond motifs is 8. The molecule has 0 aliphatic heterocycles. The van der Waals surface area contributed by atoms with Gasteiger partial charge in [-0.2, -0.15) is 0 Å². The standard InChI is InChI=1S/C49H30N4S/c1-4-13-31(14-5-1)35-25-27-41-40(29-35)45-37-20-11-10-15-32(37)24-28-42(45)53(41)43-22-12-21-39-38-26-23-36(30-44(38)54-46(39)43)49-51-47(33-16-6-2-7-17-33)50-48(52-49)34-18-8-3-9-19-34/h1-30H. The second-order valence-electron chi connectivity index (χ2n) is 13.6. The van der Waals surface area contributed by atoms with Gasteiger partial charge in [0.1, 0.15) is 0 Å². The van der Waals surface area contributed by atoms with Crippen LogP contribution in [0.4, 0.5) is 0 Å². The predicted molar refractivity (Wildman–Crippen MR) is 226 cm³/mol. The summed E-state index contributed by atoms with van der Waals surface area (Å²) in [4.78, 5) is 14.9. The zero-order chi connectivity index (χ0) is 35.6. The number of rotatable bonds is 5. The minimum absolute atomic E-state index is 0.658. The van der Waals surface area contributed by atoms with Crippen molar-refractivity contribution in [2.75, 3.05) is 0 Å². The smallest absolute Gasteiger partial charge is 0.164 e. The molecule has 0 N–H and O–H groups in total. The molecule has 4 nitrogen and oxygen atoms in total. The molecule has 3 aromatic heterocycles. The lowest BCUT2D eigenvalue weighted by molar-refractivity contribution is 1.07. The first-order valence-electron chi connectivity index (χ1n) is 18.1. The maximum absolute atomic E-state index is 5.02. The molecule has 0 spiro atoms. The lowest BCUT2D eigenvalue weighted by atomic mass is 10.0. The first-order chi connectivity index (χ1) is 26.8. The van der Waals surface area contributed by atoms with Gasteiger partial charge < -0.3 is 4.57 Å². The van der Waals surface area contributed by atoms with Gasteiger partial charge in [0.2, 0.25) is 0 Å². The minimum Gasteiger partial charge on any atom is -0.308 e. The SMILES string of the molecule is c1ccc(-c2ccc3c(c2)c2c4ccccc4ccc2n3-c2cccc3c2sc2cc(-c4nc(-c5ccccc5)nc(-c5ccccc5)n4)ccc23)cc1. The average Bonchev–Trinajstić information content (AvgIpc) is 3.80. The second kappa shape index (κ2) is 12.3. The molecule has 0 bridgehead atoms.